The Morgan fingerprint density at radius 3 is 3.04 bits per heavy atom. The van der Waals surface area contributed by atoms with Gasteiger partial charge in [0.15, 0.2) is 0 Å². The molecule has 1 aromatic carbocycles. The number of carbonyl (C=O) groups is 1. The summed E-state index contributed by atoms with van der Waals surface area (Å²) in [5.74, 6) is 0.368. The Morgan fingerprint density at radius 1 is 1.32 bits per heavy atom. The largest absolute Gasteiger partial charge is 0.376 e. The molecule has 5 nitrogen and oxygen atoms in total. The van der Waals surface area contributed by atoms with Gasteiger partial charge in [0.2, 0.25) is 0 Å². The van der Waals surface area contributed by atoms with Crippen molar-refractivity contribution >= 4 is 16.7 Å². The lowest BCUT2D eigenvalue weighted by molar-refractivity contribution is -0.119. The van der Waals surface area contributed by atoms with Crippen LogP contribution >= 0.6 is 0 Å². The summed E-state index contributed by atoms with van der Waals surface area (Å²) in [7, 11) is 1.94. The molecule has 3 aromatic rings. The molecule has 2 aromatic heterocycles. The maximum Gasteiger partial charge on any atom is 0.133 e. The quantitative estimate of drug-likeness (QED) is 0.731. The molecular weight excluding hydrogens is 314 g/mol. The maximum absolute atomic E-state index is 11.9. The number of rotatable bonds is 4. The molecule has 1 atom stereocenters. The van der Waals surface area contributed by atoms with Gasteiger partial charge in [0.25, 0.3) is 0 Å². The van der Waals surface area contributed by atoms with Crippen LogP contribution in [0.4, 0.5) is 0 Å². The zero-order valence-corrected chi connectivity index (χ0v) is 14.5. The molecule has 5 heteroatoms. The average molecular weight is 335 g/mol. The molecule has 4 rings (SSSR count). The minimum Gasteiger partial charge on any atom is -0.376 e. The second-order valence-corrected chi connectivity index (χ2v) is 6.61. The van der Waals surface area contributed by atoms with E-state index in [1.807, 2.05) is 37.2 Å². The van der Waals surface area contributed by atoms with Crippen LogP contribution in [0.3, 0.4) is 0 Å². The highest BCUT2D eigenvalue weighted by atomic mass is 16.5. The van der Waals surface area contributed by atoms with Gasteiger partial charge in [0, 0.05) is 49.2 Å². The molecule has 0 saturated heterocycles. The van der Waals surface area contributed by atoms with E-state index in [9.17, 15) is 4.79 Å². The number of carbonyl (C=O) groups excluding carboxylic acids is 1. The first-order valence-corrected chi connectivity index (χ1v) is 8.65. The summed E-state index contributed by atoms with van der Waals surface area (Å²) in [6, 6.07) is 6.32. The van der Waals surface area contributed by atoms with Crippen molar-refractivity contribution in [3.63, 3.8) is 0 Å². The second kappa shape index (κ2) is 6.41. The number of hydrogen-bond acceptors (Lipinski definition) is 4. The summed E-state index contributed by atoms with van der Waals surface area (Å²) in [6.45, 7) is 3.06. The molecule has 0 spiro atoms. The van der Waals surface area contributed by atoms with Crippen molar-refractivity contribution in [3.05, 3.63) is 47.9 Å². The lowest BCUT2D eigenvalue weighted by Gasteiger charge is -2.26. The van der Waals surface area contributed by atoms with Crippen LogP contribution in [0.15, 0.2) is 36.8 Å². The Balaban J connectivity index is 1.79. The van der Waals surface area contributed by atoms with E-state index in [0.717, 1.165) is 33.2 Å². The van der Waals surface area contributed by atoms with Crippen molar-refractivity contribution < 1.29 is 9.53 Å². The fourth-order valence-electron chi connectivity index (χ4n) is 3.56. The Morgan fingerprint density at radius 2 is 2.20 bits per heavy atom. The fraction of sp³-hybridized carbons (Fsp3) is 0.350. The normalized spacial score (nSPS) is 16.8. The Bertz CT molecular complexity index is 945. The van der Waals surface area contributed by atoms with Gasteiger partial charge >= 0.3 is 0 Å². The predicted octanol–water partition coefficient (Wildman–Crippen LogP) is 3.62. The molecule has 1 aliphatic heterocycles. The second-order valence-electron chi connectivity index (χ2n) is 6.61. The van der Waals surface area contributed by atoms with Crippen molar-refractivity contribution in [3.8, 4) is 11.1 Å². The number of benzene rings is 1. The first-order valence-electron chi connectivity index (χ1n) is 8.65. The van der Waals surface area contributed by atoms with E-state index < -0.39 is 0 Å². The van der Waals surface area contributed by atoms with Crippen molar-refractivity contribution in [1.29, 1.82) is 0 Å². The summed E-state index contributed by atoms with van der Waals surface area (Å²) >= 11 is 0. The van der Waals surface area contributed by atoms with Crippen LogP contribution in [-0.2, 0) is 23.2 Å². The average Bonchev–Trinajstić information content (AvgIpc) is 3.02. The van der Waals surface area contributed by atoms with E-state index in [4.69, 9.17) is 4.74 Å². The molecule has 0 fully saturated rings. The highest BCUT2D eigenvalue weighted by Crippen LogP contribution is 2.36. The Hall–Kier alpha value is -2.53. The molecule has 0 saturated carbocycles. The number of ether oxygens (including phenoxy) is 1. The number of fused-ring (bicyclic) bond motifs is 2. The van der Waals surface area contributed by atoms with E-state index in [1.54, 1.807) is 0 Å². The van der Waals surface area contributed by atoms with E-state index >= 15 is 0 Å². The number of Topliss-reactive ketones (excluding diaryl/α,β-unsaturated/α-hetero) is 1. The summed E-state index contributed by atoms with van der Waals surface area (Å²) in [6.07, 6.45) is 6.75. The number of pyridine rings is 1. The molecule has 0 N–H and O–H groups in total. The molecule has 0 aliphatic carbocycles. The van der Waals surface area contributed by atoms with Crippen molar-refractivity contribution in [2.45, 2.75) is 32.3 Å². The molecule has 0 amide bonds. The maximum atomic E-state index is 11.9. The fourth-order valence-corrected chi connectivity index (χ4v) is 3.56. The van der Waals surface area contributed by atoms with Gasteiger partial charge in [-0.2, -0.15) is 5.10 Å². The van der Waals surface area contributed by atoms with Crippen molar-refractivity contribution in [2.75, 3.05) is 6.61 Å². The third kappa shape index (κ3) is 2.85. The predicted molar refractivity (Wildman–Crippen MR) is 96.3 cm³/mol. The number of aryl methyl sites for hydroxylation is 1. The standard InChI is InChI=1S/C20H21N3O2/c1-3-16(24)6-15-11-25-12-19-17(9-21-10-18(15)19)13-4-5-14-8-22-23(2)20(14)7-13/h4-5,7-10,15H,3,6,11-12H2,1-2H3. The van der Waals surface area contributed by atoms with Crippen LogP contribution in [0.5, 0.6) is 0 Å². The van der Waals surface area contributed by atoms with Crippen LogP contribution in [-0.4, -0.2) is 27.2 Å². The van der Waals surface area contributed by atoms with Crippen LogP contribution in [0.1, 0.15) is 36.8 Å². The van der Waals surface area contributed by atoms with E-state index in [1.165, 1.54) is 0 Å². The zero-order valence-electron chi connectivity index (χ0n) is 14.5. The number of nitrogens with zero attached hydrogens (tertiary/aromatic N) is 3. The van der Waals surface area contributed by atoms with E-state index in [-0.39, 0.29) is 11.7 Å². The SMILES string of the molecule is CCC(=O)CC1COCc2c(-c3ccc4cnn(C)c4c3)cncc21. The first kappa shape index (κ1) is 16.0. The highest BCUT2D eigenvalue weighted by molar-refractivity contribution is 5.85. The lowest BCUT2D eigenvalue weighted by atomic mass is 9.86. The van der Waals surface area contributed by atoms with Crippen LogP contribution < -0.4 is 0 Å². The molecule has 0 bridgehead atoms. The molecule has 3 heterocycles. The van der Waals surface area contributed by atoms with Gasteiger partial charge in [-0.25, -0.2) is 0 Å². The van der Waals surface area contributed by atoms with Gasteiger partial charge in [0.1, 0.15) is 5.78 Å². The monoisotopic (exact) mass is 335 g/mol. The third-order valence-corrected chi connectivity index (χ3v) is 5.02. The lowest BCUT2D eigenvalue weighted by Crippen LogP contribution is -2.20. The smallest absolute Gasteiger partial charge is 0.133 e. The van der Waals surface area contributed by atoms with Crippen molar-refractivity contribution in [1.82, 2.24) is 14.8 Å². The molecule has 128 valence electrons. The molecule has 0 radical (unpaired) electrons. The number of ketones is 1. The molecule has 1 unspecified atom stereocenters. The summed E-state index contributed by atoms with van der Waals surface area (Å²) in [4.78, 5) is 16.4. The zero-order chi connectivity index (χ0) is 17.4. The summed E-state index contributed by atoms with van der Waals surface area (Å²) in [5.41, 5.74) is 5.57. The molecule has 1 aliphatic rings. The topological polar surface area (TPSA) is 57.0 Å². The van der Waals surface area contributed by atoms with Gasteiger partial charge in [-0.1, -0.05) is 19.1 Å². The van der Waals surface area contributed by atoms with Gasteiger partial charge < -0.3 is 4.74 Å². The van der Waals surface area contributed by atoms with Gasteiger partial charge in [-0.3, -0.25) is 14.5 Å². The van der Waals surface area contributed by atoms with E-state index in [2.05, 4.69) is 28.3 Å². The minimum atomic E-state index is 0.101. The van der Waals surface area contributed by atoms with Gasteiger partial charge in [-0.15, -0.1) is 0 Å². The van der Waals surface area contributed by atoms with Crippen molar-refractivity contribution in [2.24, 2.45) is 7.05 Å². The highest BCUT2D eigenvalue weighted by Gasteiger charge is 2.25. The number of aromatic nitrogens is 3. The Labute approximate surface area is 146 Å². The summed E-state index contributed by atoms with van der Waals surface area (Å²) in [5, 5.41) is 5.43. The van der Waals surface area contributed by atoms with Crippen LogP contribution in [0.25, 0.3) is 22.0 Å². The van der Waals surface area contributed by atoms with Gasteiger partial charge in [-0.05, 0) is 22.8 Å². The third-order valence-electron chi connectivity index (χ3n) is 5.02. The van der Waals surface area contributed by atoms with Crippen LogP contribution in [0, 0.1) is 0 Å². The number of hydrogen-bond donors (Lipinski definition) is 0. The minimum absolute atomic E-state index is 0.101. The summed E-state index contributed by atoms with van der Waals surface area (Å²) < 4.78 is 7.69. The Kier molecular flexibility index (Phi) is 4.09. The van der Waals surface area contributed by atoms with Crippen LogP contribution in [0.2, 0.25) is 0 Å². The van der Waals surface area contributed by atoms with Gasteiger partial charge in [0.05, 0.1) is 24.9 Å². The molecule has 25 heavy (non-hydrogen) atoms. The van der Waals surface area contributed by atoms with E-state index in [0.29, 0.717) is 26.1 Å². The molecular formula is C20H21N3O2. The first-order chi connectivity index (χ1) is 12.2.